The molecule has 2 aromatic rings. The molecule has 4 rings (SSSR count). The van der Waals surface area contributed by atoms with E-state index in [0.717, 1.165) is 43.3 Å². The number of hydrogen-bond acceptors (Lipinski definition) is 11. The number of methoxy groups -OCH3 is 2. The Labute approximate surface area is 259 Å². The summed E-state index contributed by atoms with van der Waals surface area (Å²) in [5.74, 6) is -3.12. The zero-order valence-corrected chi connectivity index (χ0v) is 25.8. The number of carboxylic acids is 2. The van der Waals surface area contributed by atoms with E-state index in [1.807, 2.05) is 12.1 Å². The van der Waals surface area contributed by atoms with Crippen molar-refractivity contribution in [3.05, 3.63) is 52.6 Å². The van der Waals surface area contributed by atoms with Crippen molar-refractivity contribution in [1.29, 1.82) is 0 Å². The predicted molar refractivity (Wildman–Crippen MR) is 163 cm³/mol. The van der Waals surface area contributed by atoms with Crippen LogP contribution in [-0.4, -0.2) is 116 Å². The molecule has 2 amide bonds. The van der Waals surface area contributed by atoms with Crippen LogP contribution in [-0.2, 0) is 30.3 Å². The van der Waals surface area contributed by atoms with E-state index >= 15 is 0 Å². The molecule has 44 heavy (non-hydrogen) atoms. The molecule has 0 unspecified atom stereocenters. The molecule has 0 aliphatic carbocycles. The molecule has 2 atom stereocenters. The average Bonchev–Trinajstić information content (AvgIpc) is 3.68. The number of aliphatic carboxylic acids is 2. The molecule has 0 bridgehead atoms. The van der Waals surface area contributed by atoms with Gasteiger partial charge in [0.2, 0.25) is 0 Å². The first-order chi connectivity index (χ1) is 21.1. The maximum Gasteiger partial charge on any atom is 0.328 e. The van der Waals surface area contributed by atoms with Crippen LogP contribution in [0.4, 0.5) is 10.8 Å². The highest BCUT2D eigenvalue weighted by atomic mass is 32.1. The number of carbonyl (C=O) groups is 4. The number of hydrogen-bond donors (Lipinski definition) is 4. The smallest absolute Gasteiger partial charge is 0.328 e. The van der Waals surface area contributed by atoms with Crippen LogP contribution in [0.5, 0.6) is 0 Å². The number of carboxylic acid groups (broad SMARTS) is 2. The fourth-order valence-corrected chi connectivity index (χ4v) is 5.42. The van der Waals surface area contributed by atoms with Gasteiger partial charge in [-0.1, -0.05) is 6.07 Å². The fraction of sp³-hybridized carbons (Fsp3) is 0.483. The number of benzene rings is 1. The molecule has 3 heterocycles. The third-order valence-corrected chi connectivity index (χ3v) is 7.64. The van der Waals surface area contributed by atoms with Gasteiger partial charge in [0.15, 0.2) is 5.13 Å². The Morgan fingerprint density at radius 1 is 1.11 bits per heavy atom. The summed E-state index contributed by atoms with van der Waals surface area (Å²) in [5, 5.41) is 23.9. The van der Waals surface area contributed by atoms with E-state index in [2.05, 4.69) is 32.3 Å². The lowest BCUT2D eigenvalue weighted by Gasteiger charge is -2.31. The molecule has 1 aromatic heterocycles. The van der Waals surface area contributed by atoms with Gasteiger partial charge in [0, 0.05) is 71.0 Å². The summed E-state index contributed by atoms with van der Waals surface area (Å²) in [6, 6.07) is 5.59. The highest BCUT2D eigenvalue weighted by Gasteiger charge is 2.26. The molecule has 14 nitrogen and oxygen atoms in total. The second kappa shape index (κ2) is 17.4. The molecule has 2 fully saturated rings. The van der Waals surface area contributed by atoms with Crippen LogP contribution in [0.25, 0.3) is 0 Å². The molecule has 240 valence electrons. The number of nitrogens with one attached hydrogen (secondary N) is 2. The lowest BCUT2D eigenvalue weighted by atomic mass is 10.1. The Bertz CT molecular complexity index is 1300. The zero-order valence-electron chi connectivity index (χ0n) is 25.0. The van der Waals surface area contributed by atoms with E-state index in [1.54, 1.807) is 25.7 Å². The van der Waals surface area contributed by atoms with Gasteiger partial charge in [-0.2, -0.15) is 0 Å². The lowest BCUT2D eigenvalue weighted by molar-refractivity contribution is -0.134. The maximum atomic E-state index is 13.1. The topological polar surface area (TPSA) is 180 Å². The standard InChI is InChI=1S/C25H35N5O5S.C4H4O4/c1-17-13-29(9-11-35-17)14-18-4-5-21(20(12-18)23(31)26-7-10-33-2)27-24(32)22-16-36-25(28-22)30-8-6-19(15-30)34-3;5-3(6)1-2-4(7)8/h4-5,12,16-17,19H,6-11,13-15H2,1-3H3,(H,26,31)(H,27,32);1-2H,(H,5,6)(H,7,8)/b;2-1+/t17-,19-;/m0./s1. The summed E-state index contributed by atoms with van der Waals surface area (Å²) in [5.41, 5.74) is 2.19. The molecule has 0 radical (unpaired) electrons. The van der Waals surface area contributed by atoms with Crippen molar-refractivity contribution in [3.63, 3.8) is 0 Å². The van der Waals surface area contributed by atoms with Crippen LogP contribution in [0.2, 0.25) is 0 Å². The minimum Gasteiger partial charge on any atom is -0.478 e. The van der Waals surface area contributed by atoms with Gasteiger partial charge >= 0.3 is 11.9 Å². The molecular formula is C29H39N5O9S. The Hall–Kier alpha value is -3.89. The Balaban J connectivity index is 0.000000583. The van der Waals surface area contributed by atoms with Crippen LogP contribution in [0, 0.1) is 0 Å². The highest BCUT2D eigenvalue weighted by molar-refractivity contribution is 7.14. The van der Waals surface area contributed by atoms with Crippen molar-refractivity contribution in [3.8, 4) is 0 Å². The first-order valence-corrected chi connectivity index (χ1v) is 14.9. The SMILES string of the molecule is COCCNC(=O)c1cc(CN2CCO[C@@H](C)C2)ccc1NC(=O)c1csc(N2CC[C@H](OC)C2)n1.O=C(O)/C=C/C(=O)O. The van der Waals surface area contributed by atoms with E-state index in [9.17, 15) is 19.2 Å². The summed E-state index contributed by atoms with van der Waals surface area (Å²) in [6.07, 6.45) is 2.42. The van der Waals surface area contributed by atoms with Crippen molar-refractivity contribution in [2.24, 2.45) is 0 Å². The van der Waals surface area contributed by atoms with Crippen LogP contribution < -0.4 is 15.5 Å². The number of thiazole rings is 1. The molecule has 2 saturated heterocycles. The van der Waals surface area contributed by atoms with Gasteiger partial charge in [0.1, 0.15) is 5.69 Å². The number of amides is 2. The average molecular weight is 634 g/mol. The van der Waals surface area contributed by atoms with Gasteiger partial charge in [0.25, 0.3) is 11.8 Å². The summed E-state index contributed by atoms with van der Waals surface area (Å²) >= 11 is 1.43. The third-order valence-electron chi connectivity index (χ3n) is 6.74. The van der Waals surface area contributed by atoms with Gasteiger partial charge in [-0.15, -0.1) is 11.3 Å². The predicted octanol–water partition coefficient (Wildman–Crippen LogP) is 1.93. The number of rotatable bonds is 12. The van der Waals surface area contributed by atoms with Gasteiger partial charge in [0.05, 0.1) is 36.7 Å². The number of ether oxygens (including phenoxy) is 3. The van der Waals surface area contributed by atoms with E-state index in [-0.39, 0.29) is 24.0 Å². The van der Waals surface area contributed by atoms with Gasteiger partial charge in [-0.3, -0.25) is 14.5 Å². The summed E-state index contributed by atoms with van der Waals surface area (Å²) in [6.45, 7) is 7.52. The number of nitrogens with zero attached hydrogens (tertiary/aromatic N) is 3. The molecule has 15 heteroatoms. The molecule has 4 N–H and O–H groups in total. The minimum absolute atomic E-state index is 0.179. The van der Waals surface area contributed by atoms with Crippen molar-refractivity contribution in [1.82, 2.24) is 15.2 Å². The van der Waals surface area contributed by atoms with Crippen LogP contribution in [0.3, 0.4) is 0 Å². The van der Waals surface area contributed by atoms with E-state index in [4.69, 9.17) is 24.4 Å². The number of carbonyl (C=O) groups excluding carboxylic acids is 2. The molecular weight excluding hydrogens is 594 g/mol. The van der Waals surface area contributed by atoms with Crippen molar-refractivity contribution < 1.29 is 43.6 Å². The van der Waals surface area contributed by atoms with Gasteiger partial charge in [-0.05, 0) is 31.0 Å². The number of morpholine rings is 1. The highest BCUT2D eigenvalue weighted by Crippen LogP contribution is 2.27. The zero-order chi connectivity index (χ0) is 32.1. The number of anilines is 2. The quantitative estimate of drug-likeness (QED) is 0.197. The Morgan fingerprint density at radius 2 is 1.86 bits per heavy atom. The van der Waals surface area contributed by atoms with Crippen LogP contribution in [0.15, 0.2) is 35.7 Å². The second-order valence-electron chi connectivity index (χ2n) is 10.1. The van der Waals surface area contributed by atoms with Crippen molar-refractivity contribution >= 4 is 45.9 Å². The van der Waals surface area contributed by atoms with Crippen molar-refractivity contribution in [2.75, 3.05) is 70.4 Å². The first-order valence-electron chi connectivity index (χ1n) is 14.0. The Morgan fingerprint density at radius 3 is 2.50 bits per heavy atom. The van der Waals surface area contributed by atoms with E-state index in [0.29, 0.717) is 55.4 Å². The molecule has 2 aliphatic rings. The molecule has 0 saturated carbocycles. The fourth-order valence-electron chi connectivity index (χ4n) is 4.58. The Kier molecular flexibility index (Phi) is 13.7. The van der Waals surface area contributed by atoms with E-state index in [1.165, 1.54) is 11.3 Å². The van der Waals surface area contributed by atoms with Crippen LogP contribution in [0.1, 0.15) is 39.8 Å². The van der Waals surface area contributed by atoms with E-state index < -0.39 is 11.9 Å². The molecule has 2 aliphatic heterocycles. The van der Waals surface area contributed by atoms with Crippen molar-refractivity contribution in [2.45, 2.75) is 32.1 Å². The third kappa shape index (κ3) is 11.0. The monoisotopic (exact) mass is 633 g/mol. The lowest BCUT2D eigenvalue weighted by Crippen LogP contribution is -2.40. The summed E-state index contributed by atoms with van der Waals surface area (Å²) in [7, 11) is 3.30. The summed E-state index contributed by atoms with van der Waals surface area (Å²) < 4.78 is 16.1. The molecule has 1 aromatic carbocycles. The first kappa shape index (κ1) is 34.6. The van der Waals surface area contributed by atoms with Crippen LogP contribution >= 0.6 is 11.3 Å². The van der Waals surface area contributed by atoms with Gasteiger partial charge < -0.3 is 40.0 Å². The second-order valence-corrected chi connectivity index (χ2v) is 11.0. The largest absolute Gasteiger partial charge is 0.478 e. The number of aromatic nitrogens is 1. The minimum atomic E-state index is -1.26. The molecule has 0 spiro atoms. The normalized spacial score (nSPS) is 18.5. The maximum absolute atomic E-state index is 13.1. The van der Waals surface area contributed by atoms with Gasteiger partial charge in [-0.25, -0.2) is 14.6 Å². The summed E-state index contributed by atoms with van der Waals surface area (Å²) in [4.78, 5) is 54.1.